The lowest BCUT2D eigenvalue weighted by molar-refractivity contribution is -0.154. The van der Waals surface area contributed by atoms with Crippen molar-refractivity contribution < 1.29 is 27.4 Å². The van der Waals surface area contributed by atoms with Crippen LogP contribution in [-0.2, 0) is 9.53 Å². The monoisotopic (exact) mass is 373 g/mol. The van der Waals surface area contributed by atoms with Crippen LogP contribution < -0.4 is 9.64 Å². The molecule has 1 aliphatic rings. The third kappa shape index (κ3) is 5.17. The Hall–Kier alpha value is -2.16. The van der Waals surface area contributed by atoms with Crippen molar-refractivity contribution in [3.05, 3.63) is 17.3 Å². The molecule has 144 valence electrons. The van der Waals surface area contributed by atoms with Gasteiger partial charge in [0, 0.05) is 31.4 Å². The average molecular weight is 373 g/mol. The summed E-state index contributed by atoms with van der Waals surface area (Å²) in [5, 5.41) is 0. The zero-order valence-corrected chi connectivity index (χ0v) is 14.9. The van der Waals surface area contributed by atoms with Gasteiger partial charge >= 0.3 is 6.18 Å². The van der Waals surface area contributed by atoms with Crippen molar-refractivity contribution in [1.82, 2.24) is 4.98 Å². The molecule has 0 bridgehead atoms. The fourth-order valence-corrected chi connectivity index (χ4v) is 2.69. The van der Waals surface area contributed by atoms with E-state index in [-0.39, 0.29) is 18.1 Å². The molecule has 1 aromatic heterocycles. The summed E-state index contributed by atoms with van der Waals surface area (Å²) in [7, 11) is 1.57. The molecule has 0 aromatic carbocycles. The highest BCUT2D eigenvalue weighted by Gasteiger charge is 2.33. The normalized spacial score (nSPS) is 19.6. The van der Waals surface area contributed by atoms with Crippen molar-refractivity contribution in [2.75, 3.05) is 31.7 Å². The van der Waals surface area contributed by atoms with Gasteiger partial charge in [0.15, 0.2) is 12.4 Å². The first kappa shape index (κ1) is 20.2. The van der Waals surface area contributed by atoms with Gasteiger partial charge in [-0.2, -0.15) is 13.2 Å². The van der Waals surface area contributed by atoms with Crippen LogP contribution >= 0.6 is 0 Å². The third-order valence-corrected chi connectivity index (χ3v) is 4.03. The number of carbonyl (C=O) groups is 1. The summed E-state index contributed by atoms with van der Waals surface area (Å²) in [5.74, 6) is 0.734. The van der Waals surface area contributed by atoms with E-state index >= 15 is 0 Å². The van der Waals surface area contributed by atoms with Crippen molar-refractivity contribution in [2.24, 2.45) is 4.99 Å². The van der Waals surface area contributed by atoms with Gasteiger partial charge in [-0.1, -0.05) is 0 Å². The number of aromatic nitrogens is 1. The Labute approximate surface area is 150 Å². The minimum Gasteiger partial charge on any atom is -0.482 e. The van der Waals surface area contributed by atoms with E-state index in [1.807, 2.05) is 11.8 Å². The quantitative estimate of drug-likeness (QED) is 0.567. The minimum absolute atomic E-state index is 0.0512. The maximum absolute atomic E-state index is 12.6. The van der Waals surface area contributed by atoms with Gasteiger partial charge in [-0.15, -0.1) is 0 Å². The molecule has 1 fully saturated rings. The average Bonchev–Trinajstić information content (AvgIpc) is 2.57. The number of rotatable bonds is 6. The van der Waals surface area contributed by atoms with Crippen LogP contribution in [0, 0.1) is 6.92 Å². The van der Waals surface area contributed by atoms with Gasteiger partial charge < -0.3 is 14.4 Å². The van der Waals surface area contributed by atoms with Crippen molar-refractivity contribution >= 4 is 18.3 Å². The van der Waals surface area contributed by atoms with E-state index in [9.17, 15) is 18.0 Å². The van der Waals surface area contributed by atoms with Gasteiger partial charge in [0.1, 0.15) is 11.6 Å². The smallest absolute Gasteiger partial charge is 0.393 e. The molecule has 2 rings (SSSR count). The zero-order valence-electron chi connectivity index (χ0n) is 14.9. The third-order valence-electron chi connectivity index (χ3n) is 4.03. The van der Waals surface area contributed by atoms with E-state index in [4.69, 9.17) is 9.47 Å². The number of anilines is 1. The van der Waals surface area contributed by atoms with E-state index < -0.39 is 18.7 Å². The second kappa shape index (κ2) is 8.48. The Morgan fingerprint density at radius 3 is 2.85 bits per heavy atom. The Balaban J connectivity index is 2.38. The minimum atomic E-state index is -4.50. The molecule has 1 aromatic rings. The van der Waals surface area contributed by atoms with Gasteiger partial charge in [0.25, 0.3) is 0 Å². The van der Waals surface area contributed by atoms with Crippen LogP contribution in [-0.4, -0.2) is 62.6 Å². The highest BCUT2D eigenvalue weighted by atomic mass is 19.4. The molecule has 0 saturated carbocycles. The molecule has 0 spiro atoms. The summed E-state index contributed by atoms with van der Waals surface area (Å²) < 4.78 is 48.6. The molecular weight excluding hydrogens is 351 g/mol. The number of hydrogen-bond donors (Lipinski definition) is 0. The van der Waals surface area contributed by atoms with E-state index in [1.165, 1.54) is 6.21 Å². The molecule has 0 radical (unpaired) electrons. The molecule has 6 nitrogen and oxygen atoms in total. The van der Waals surface area contributed by atoms with Gasteiger partial charge in [-0.3, -0.25) is 9.79 Å². The Kier molecular flexibility index (Phi) is 6.57. The SMILES string of the molecule is C/N=C\c1nc(N2CCOC[C@H]2C)cc(OC(C=O)CC(F)(F)F)c1C. The first-order chi connectivity index (χ1) is 12.2. The number of nitrogens with zero attached hydrogens (tertiary/aromatic N) is 3. The molecule has 2 atom stereocenters. The van der Waals surface area contributed by atoms with Gasteiger partial charge in [0.2, 0.25) is 0 Å². The van der Waals surface area contributed by atoms with Crippen molar-refractivity contribution in [2.45, 2.75) is 38.6 Å². The topological polar surface area (TPSA) is 64.0 Å². The first-order valence-corrected chi connectivity index (χ1v) is 8.22. The second-order valence-corrected chi connectivity index (χ2v) is 6.11. The molecule has 0 aliphatic carbocycles. The zero-order chi connectivity index (χ0) is 19.3. The fourth-order valence-electron chi connectivity index (χ4n) is 2.69. The number of morpholine rings is 1. The first-order valence-electron chi connectivity index (χ1n) is 8.22. The second-order valence-electron chi connectivity index (χ2n) is 6.11. The van der Waals surface area contributed by atoms with E-state index in [0.717, 1.165) is 0 Å². The Morgan fingerprint density at radius 2 is 2.27 bits per heavy atom. The van der Waals surface area contributed by atoms with E-state index in [1.54, 1.807) is 20.0 Å². The van der Waals surface area contributed by atoms with Crippen molar-refractivity contribution in [1.29, 1.82) is 0 Å². The summed E-state index contributed by atoms with van der Waals surface area (Å²) in [6.45, 7) is 5.28. The molecule has 2 heterocycles. The van der Waals surface area contributed by atoms with Gasteiger partial charge in [-0.25, -0.2) is 4.98 Å². The van der Waals surface area contributed by atoms with Crippen LogP contribution in [0.3, 0.4) is 0 Å². The predicted octanol–water partition coefficient (Wildman–Crippen LogP) is 2.56. The lowest BCUT2D eigenvalue weighted by atomic mass is 10.1. The molecular formula is C17H22F3N3O3. The van der Waals surface area contributed by atoms with E-state index in [2.05, 4.69) is 9.98 Å². The molecule has 1 aliphatic heterocycles. The van der Waals surface area contributed by atoms with Crippen molar-refractivity contribution in [3.8, 4) is 5.75 Å². The summed E-state index contributed by atoms with van der Waals surface area (Å²) in [6.07, 6.45) is -5.79. The van der Waals surface area contributed by atoms with Gasteiger partial charge in [0.05, 0.1) is 31.4 Å². The highest BCUT2D eigenvalue weighted by molar-refractivity contribution is 5.81. The van der Waals surface area contributed by atoms with E-state index in [0.29, 0.717) is 36.8 Å². The number of aliphatic imine (C=N–C) groups is 1. The summed E-state index contributed by atoms with van der Waals surface area (Å²) in [5.41, 5.74) is 1.00. The Bertz CT molecular complexity index is 665. The number of pyridine rings is 1. The lowest BCUT2D eigenvalue weighted by Crippen LogP contribution is -2.44. The maximum atomic E-state index is 12.6. The molecule has 1 unspecified atom stereocenters. The number of halogens is 3. The number of aldehydes is 1. The van der Waals surface area contributed by atoms with Crippen LogP contribution in [0.4, 0.5) is 19.0 Å². The number of ether oxygens (including phenoxy) is 2. The van der Waals surface area contributed by atoms with Gasteiger partial charge in [-0.05, 0) is 13.8 Å². The number of carbonyl (C=O) groups excluding carboxylic acids is 1. The fraction of sp³-hybridized carbons (Fsp3) is 0.588. The number of hydrogen-bond acceptors (Lipinski definition) is 6. The number of alkyl halides is 3. The highest BCUT2D eigenvalue weighted by Crippen LogP contribution is 2.30. The molecule has 1 saturated heterocycles. The maximum Gasteiger partial charge on any atom is 0.393 e. The Morgan fingerprint density at radius 1 is 1.54 bits per heavy atom. The lowest BCUT2D eigenvalue weighted by Gasteiger charge is -2.34. The summed E-state index contributed by atoms with van der Waals surface area (Å²) in [4.78, 5) is 21.5. The van der Waals surface area contributed by atoms with Crippen LogP contribution in [0.2, 0.25) is 0 Å². The van der Waals surface area contributed by atoms with Crippen LogP contribution in [0.5, 0.6) is 5.75 Å². The predicted molar refractivity (Wildman–Crippen MR) is 91.3 cm³/mol. The molecule has 0 amide bonds. The standard InChI is InChI=1S/C17H22F3N3O3/c1-11-10-25-5-4-23(11)16-6-15(12(2)14(22-16)8-21-3)26-13(9-24)7-17(18,19)20/h6,8-9,11,13H,4-5,7,10H2,1-3H3/b21-8-/t11-,13?/m1/s1. The largest absolute Gasteiger partial charge is 0.482 e. The molecule has 26 heavy (non-hydrogen) atoms. The molecule has 9 heteroatoms. The van der Waals surface area contributed by atoms with Crippen LogP contribution in [0.25, 0.3) is 0 Å². The summed E-state index contributed by atoms with van der Waals surface area (Å²) in [6, 6.07) is 1.62. The van der Waals surface area contributed by atoms with Crippen LogP contribution in [0.15, 0.2) is 11.1 Å². The van der Waals surface area contributed by atoms with Crippen LogP contribution in [0.1, 0.15) is 24.6 Å². The summed E-state index contributed by atoms with van der Waals surface area (Å²) >= 11 is 0. The molecule has 0 N–H and O–H groups in total. The van der Waals surface area contributed by atoms with Crippen molar-refractivity contribution in [3.63, 3.8) is 0 Å².